The Morgan fingerprint density at radius 3 is 1.74 bits per heavy atom. The number of nitrogens with zero attached hydrogens (tertiary/aromatic N) is 3. The highest BCUT2D eigenvalue weighted by molar-refractivity contribution is 5.97. The SMILES string of the molecule is O=NC(=O)c1cc(O)n(CC(C(=O)CCOCCOCCOCCOCCC(=O)O)n2c(O)ccc2O)c1O. The molecule has 0 aliphatic carbocycles. The lowest BCUT2D eigenvalue weighted by atomic mass is 10.1. The number of carboxylic acid groups (broad SMARTS) is 1. The molecule has 2 heterocycles. The highest BCUT2D eigenvalue weighted by Gasteiger charge is 2.29. The summed E-state index contributed by atoms with van der Waals surface area (Å²) in [6.45, 7) is 1.05. The number of ketones is 1. The van der Waals surface area contributed by atoms with Gasteiger partial charge in [0.05, 0.1) is 65.8 Å². The van der Waals surface area contributed by atoms with E-state index in [9.17, 15) is 39.7 Å². The van der Waals surface area contributed by atoms with Gasteiger partial charge in [-0.3, -0.25) is 23.5 Å². The van der Waals surface area contributed by atoms with E-state index in [-0.39, 0.29) is 52.5 Å². The van der Waals surface area contributed by atoms with Crippen LogP contribution in [0.25, 0.3) is 0 Å². The van der Waals surface area contributed by atoms with Crippen LogP contribution in [0.5, 0.6) is 23.5 Å². The van der Waals surface area contributed by atoms with Crippen LogP contribution in [-0.2, 0) is 35.1 Å². The molecule has 0 radical (unpaired) electrons. The van der Waals surface area contributed by atoms with Crippen molar-refractivity contribution in [1.29, 1.82) is 0 Å². The van der Waals surface area contributed by atoms with E-state index in [1.165, 1.54) is 0 Å². The lowest BCUT2D eigenvalue weighted by molar-refractivity contribution is -0.138. The molecule has 216 valence electrons. The van der Waals surface area contributed by atoms with Crippen LogP contribution in [0.1, 0.15) is 29.2 Å². The van der Waals surface area contributed by atoms with Crippen molar-refractivity contribution in [1.82, 2.24) is 9.13 Å². The minimum Gasteiger partial charge on any atom is -0.494 e. The van der Waals surface area contributed by atoms with Crippen molar-refractivity contribution in [2.45, 2.75) is 25.4 Å². The molecule has 2 aromatic heterocycles. The number of amides is 1. The number of ether oxygens (including phenoxy) is 4. The first-order valence-corrected chi connectivity index (χ1v) is 11.8. The molecule has 16 nitrogen and oxygen atoms in total. The van der Waals surface area contributed by atoms with Crippen LogP contribution in [0.3, 0.4) is 0 Å². The first-order chi connectivity index (χ1) is 18.7. The third-order valence-electron chi connectivity index (χ3n) is 5.34. The average Bonchev–Trinajstić information content (AvgIpc) is 3.38. The fourth-order valence-electron chi connectivity index (χ4n) is 3.42. The van der Waals surface area contributed by atoms with Gasteiger partial charge in [-0.15, -0.1) is 4.91 Å². The highest BCUT2D eigenvalue weighted by Crippen LogP contribution is 2.34. The molecule has 0 aliphatic heterocycles. The topological polar surface area (TPSA) is 229 Å². The minimum absolute atomic E-state index is 0.0475. The second kappa shape index (κ2) is 16.1. The third kappa shape index (κ3) is 9.68. The lowest BCUT2D eigenvalue weighted by Gasteiger charge is -2.21. The summed E-state index contributed by atoms with van der Waals surface area (Å²) in [6.07, 6.45) is -0.256. The van der Waals surface area contributed by atoms with Crippen molar-refractivity contribution in [2.75, 3.05) is 52.9 Å². The van der Waals surface area contributed by atoms with E-state index in [0.717, 1.165) is 27.3 Å². The zero-order valence-corrected chi connectivity index (χ0v) is 20.9. The van der Waals surface area contributed by atoms with Crippen LogP contribution in [0.4, 0.5) is 0 Å². The number of aromatic nitrogens is 2. The molecule has 2 aromatic rings. The molecule has 1 atom stereocenters. The zero-order chi connectivity index (χ0) is 28.8. The summed E-state index contributed by atoms with van der Waals surface area (Å²) in [5, 5.41) is 51.3. The molecule has 0 saturated heterocycles. The van der Waals surface area contributed by atoms with E-state index in [2.05, 4.69) is 5.18 Å². The van der Waals surface area contributed by atoms with Gasteiger partial charge < -0.3 is 44.5 Å². The van der Waals surface area contributed by atoms with Gasteiger partial charge in [0.2, 0.25) is 5.88 Å². The Balaban J connectivity index is 1.78. The number of nitroso groups, excluding NO2 is 1. The molecular weight excluding hydrogens is 526 g/mol. The summed E-state index contributed by atoms with van der Waals surface area (Å²) in [4.78, 5) is 45.4. The number of carbonyl (C=O) groups is 3. The Morgan fingerprint density at radius 2 is 1.26 bits per heavy atom. The van der Waals surface area contributed by atoms with Crippen molar-refractivity contribution in [3.05, 3.63) is 28.7 Å². The fourth-order valence-corrected chi connectivity index (χ4v) is 3.42. The van der Waals surface area contributed by atoms with Gasteiger partial charge in [-0.1, -0.05) is 0 Å². The molecule has 2 rings (SSSR count). The molecule has 1 amide bonds. The summed E-state index contributed by atoms with van der Waals surface area (Å²) in [5.41, 5.74) is -0.576. The van der Waals surface area contributed by atoms with E-state index >= 15 is 0 Å². The third-order valence-corrected chi connectivity index (χ3v) is 5.34. The molecule has 1 unspecified atom stereocenters. The van der Waals surface area contributed by atoms with Gasteiger partial charge in [0.25, 0.3) is 0 Å². The molecule has 0 bridgehead atoms. The summed E-state index contributed by atoms with van der Waals surface area (Å²) < 4.78 is 22.7. The Morgan fingerprint density at radius 1 is 0.769 bits per heavy atom. The number of hydrogen-bond acceptors (Lipinski definition) is 12. The molecular formula is C23H31N3O13. The van der Waals surface area contributed by atoms with E-state index in [1.807, 2.05) is 0 Å². The molecule has 0 saturated carbocycles. The van der Waals surface area contributed by atoms with Crippen molar-refractivity contribution in [3.63, 3.8) is 0 Å². The van der Waals surface area contributed by atoms with Gasteiger partial charge >= 0.3 is 11.9 Å². The van der Waals surface area contributed by atoms with Crippen molar-refractivity contribution < 1.29 is 58.9 Å². The largest absolute Gasteiger partial charge is 0.494 e. The van der Waals surface area contributed by atoms with Crippen LogP contribution in [0.2, 0.25) is 0 Å². The molecule has 16 heteroatoms. The Kier molecular flexibility index (Phi) is 12.9. The van der Waals surface area contributed by atoms with Crippen molar-refractivity contribution in [3.8, 4) is 23.5 Å². The summed E-state index contributed by atoms with van der Waals surface area (Å²) in [5.74, 6) is -5.21. The van der Waals surface area contributed by atoms with Crippen LogP contribution in [-0.4, -0.2) is 105 Å². The molecule has 0 fully saturated rings. The molecule has 39 heavy (non-hydrogen) atoms. The maximum Gasteiger partial charge on any atom is 0.322 e. The predicted octanol–water partition coefficient (Wildman–Crippen LogP) is 0.760. The number of carbonyl (C=O) groups excluding carboxylic acids is 2. The highest BCUT2D eigenvalue weighted by atomic mass is 16.6. The Bertz CT molecular complexity index is 1090. The van der Waals surface area contributed by atoms with E-state index in [0.29, 0.717) is 13.2 Å². The van der Waals surface area contributed by atoms with Gasteiger partial charge in [-0.2, -0.15) is 0 Å². The monoisotopic (exact) mass is 557 g/mol. The van der Waals surface area contributed by atoms with Crippen LogP contribution in [0.15, 0.2) is 23.4 Å². The first-order valence-electron chi connectivity index (χ1n) is 11.8. The number of carboxylic acids is 1. The van der Waals surface area contributed by atoms with Crippen LogP contribution in [0, 0.1) is 4.91 Å². The Hall–Kier alpha value is -3.99. The second-order valence-corrected chi connectivity index (χ2v) is 7.99. The number of aromatic hydroxyl groups is 4. The fraction of sp³-hybridized carbons (Fsp3) is 0.522. The Labute approximate surface area is 221 Å². The van der Waals surface area contributed by atoms with E-state index in [4.69, 9.17) is 24.1 Å². The van der Waals surface area contributed by atoms with Gasteiger partial charge in [-0.25, -0.2) is 0 Å². The predicted molar refractivity (Wildman–Crippen MR) is 130 cm³/mol. The molecule has 0 spiro atoms. The van der Waals surface area contributed by atoms with Crippen molar-refractivity contribution in [2.24, 2.45) is 5.18 Å². The molecule has 0 aliphatic rings. The van der Waals surface area contributed by atoms with Gasteiger partial charge in [0.1, 0.15) is 11.6 Å². The number of aliphatic carboxylic acids is 1. The maximum atomic E-state index is 13.0. The molecule has 5 N–H and O–H groups in total. The van der Waals surface area contributed by atoms with Gasteiger partial charge in [0.15, 0.2) is 23.4 Å². The van der Waals surface area contributed by atoms with E-state index < -0.39 is 59.3 Å². The van der Waals surface area contributed by atoms with Crippen LogP contribution < -0.4 is 0 Å². The van der Waals surface area contributed by atoms with Gasteiger partial charge in [0, 0.05) is 29.8 Å². The van der Waals surface area contributed by atoms with Crippen molar-refractivity contribution >= 4 is 17.7 Å². The quantitative estimate of drug-likeness (QED) is 0.112. The number of rotatable bonds is 20. The zero-order valence-electron chi connectivity index (χ0n) is 20.9. The normalized spacial score (nSPS) is 11.9. The van der Waals surface area contributed by atoms with Gasteiger partial charge in [-0.05, 0) is 0 Å². The summed E-state index contributed by atoms with van der Waals surface area (Å²) in [7, 11) is 0. The van der Waals surface area contributed by atoms with E-state index in [1.54, 1.807) is 0 Å². The summed E-state index contributed by atoms with van der Waals surface area (Å²) >= 11 is 0. The number of hydrogen-bond donors (Lipinski definition) is 5. The first kappa shape index (κ1) is 31.2. The minimum atomic E-state index is -1.33. The average molecular weight is 558 g/mol. The maximum absolute atomic E-state index is 13.0. The summed E-state index contributed by atoms with van der Waals surface area (Å²) in [6, 6.07) is 1.75. The lowest BCUT2D eigenvalue weighted by Crippen LogP contribution is -2.25. The number of Topliss-reactive ketones (excluding diaryl/α,β-unsaturated/α-hetero) is 1. The smallest absolute Gasteiger partial charge is 0.322 e. The second-order valence-electron chi connectivity index (χ2n) is 7.99. The van der Waals surface area contributed by atoms with Crippen LogP contribution >= 0.6 is 0 Å². The standard InChI is InChI=1S/C23H31N3O13/c27-17(3-5-36-7-9-38-11-12-39-10-8-37-6-4-21(31)32)16(26-18(28)1-2-19(26)29)14-25-20(30)13-15(23(25)34)22(33)24-35/h1-2,13,16,28-30,34H,3-12,14H2,(H,31,32). The molecule has 0 aromatic carbocycles.